The Morgan fingerprint density at radius 3 is 2.63 bits per heavy atom. The van der Waals surface area contributed by atoms with E-state index in [0.29, 0.717) is 13.1 Å². The minimum atomic E-state index is -0.313. The van der Waals surface area contributed by atoms with Gasteiger partial charge in [0.1, 0.15) is 6.10 Å². The number of carbonyl (C=O) groups is 1. The number of amides is 1. The topological polar surface area (TPSA) is 55.6 Å². The Balaban J connectivity index is 0.00000180. The van der Waals surface area contributed by atoms with Gasteiger partial charge in [-0.1, -0.05) is 30.3 Å². The van der Waals surface area contributed by atoms with Gasteiger partial charge in [0.2, 0.25) is 0 Å². The van der Waals surface area contributed by atoms with E-state index in [1.54, 1.807) is 4.90 Å². The maximum atomic E-state index is 12.2. The van der Waals surface area contributed by atoms with E-state index >= 15 is 0 Å². The molecule has 1 fully saturated rings. The zero-order valence-electron chi connectivity index (χ0n) is 11.1. The molecule has 1 amide bonds. The third kappa shape index (κ3) is 4.20. The monoisotopic (exact) mass is 284 g/mol. The van der Waals surface area contributed by atoms with Crippen molar-refractivity contribution in [2.24, 2.45) is 5.73 Å². The van der Waals surface area contributed by atoms with E-state index in [1.807, 2.05) is 37.4 Å². The lowest BCUT2D eigenvalue weighted by atomic mass is 10.1. The van der Waals surface area contributed by atoms with Crippen molar-refractivity contribution in [3.8, 4) is 0 Å². The Morgan fingerprint density at radius 2 is 2.05 bits per heavy atom. The predicted molar refractivity (Wildman–Crippen MR) is 77.1 cm³/mol. The largest absolute Gasteiger partial charge is 0.364 e. The van der Waals surface area contributed by atoms with Gasteiger partial charge in [0.15, 0.2) is 0 Å². The highest BCUT2D eigenvalue weighted by Crippen LogP contribution is 2.20. The van der Waals surface area contributed by atoms with Gasteiger partial charge in [-0.05, 0) is 18.4 Å². The van der Waals surface area contributed by atoms with Gasteiger partial charge in [0, 0.05) is 20.1 Å². The lowest BCUT2D eigenvalue weighted by Gasteiger charge is -2.21. The summed E-state index contributed by atoms with van der Waals surface area (Å²) in [5.74, 6) is 0.0507. The number of likely N-dealkylation sites (N-methyl/N-ethyl adjacent to an activating group) is 1. The number of rotatable bonds is 4. The molecule has 0 aromatic heterocycles. The summed E-state index contributed by atoms with van der Waals surface area (Å²) in [6.07, 6.45) is 1.39. The molecule has 1 aromatic carbocycles. The molecule has 1 aromatic rings. The molecule has 1 heterocycles. The first-order chi connectivity index (χ1) is 8.70. The van der Waals surface area contributed by atoms with Crippen LogP contribution in [0.15, 0.2) is 30.3 Å². The fourth-order valence-corrected chi connectivity index (χ4v) is 2.24. The summed E-state index contributed by atoms with van der Waals surface area (Å²) in [6.45, 7) is 1.11. The second-order valence-electron chi connectivity index (χ2n) is 4.74. The number of hydrogen-bond acceptors (Lipinski definition) is 3. The summed E-state index contributed by atoms with van der Waals surface area (Å²) >= 11 is 0. The third-order valence-corrected chi connectivity index (χ3v) is 3.28. The van der Waals surface area contributed by atoms with Crippen LogP contribution in [0.3, 0.4) is 0 Å². The standard InChI is InChI=1S/C14H20N2O2.ClH/c1-16(10-11-5-3-2-4-6-11)14(17)13-8-7-12(9-15)18-13;/h2-6,12-13H,7-10,15H2,1H3;1H/t12-,13+;/m1./s1. The molecule has 2 atom stereocenters. The molecule has 5 heteroatoms. The van der Waals surface area contributed by atoms with Crippen LogP contribution < -0.4 is 5.73 Å². The van der Waals surface area contributed by atoms with Crippen LogP contribution >= 0.6 is 12.4 Å². The van der Waals surface area contributed by atoms with E-state index in [-0.39, 0.29) is 30.5 Å². The smallest absolute Gasteiger partial charge is 0.251 e. The minimum Gasteiger partial charge on any atom is -0.364 e. The van der Waals surface area contributed by atoms with E-state index in [9.17, 15) is 4.79 Å². The predicted octanol–water partition coefficient (Wildman–Crippen LogP) is 1.57. The van der Waals surface area contributed by atoms with Crippen LogP contribution in [-0.2, 0) is 16.1 Å². The average Bonchev–Trinajstić information content (AvgIpc) is 2.87. The molecule has 0 bridgehead atoms. The van der Waals surface area contributed by atoms with Gasteiger partial charge in [-0.15, -0.1) is 12.4 Å². The zero-order valence-corrected chi connectivity index (χ0v) is 11.9. The van der Waals surface area contributed by atoms with Crippen molar-refractivity contribution in [3.63, 3.8) is 0 Å². The summed E-state index contributed by atoms with van der Waals surface area (Å²) in [5, 5.41) is 0. The molecule has 1 aliphatic heterocycles. The molecule has 2 N–H and O–H groups in total. The highest BCUT2D eigenvalue weighted by atomic mass is 35.5. The van der Waals surface area contributed by atoms with Crippen molar-refractivity contribution in [2.75, 3.05) is 13.6 Å². The first kappa shape index (κ1) is 16.0. The third-order valence-electron chi connectivity index (χ3n) is 3.28. The van der Waals surface area contributed by atoms with Crippen molar-refractivity contribution in [1.82, 2.24) is 4.90 Å². The quantitative estimate of drug-likeness (QED) is 0.913. The molecular formula is C14H21ClN2O2. The normalized spacial score (nSPS) is 21.8. The number of ether oxygens (including phenoxy) is 1. The Hall–Kier alpha value is -1.10. The number of hydrogen-bond donors (Lipinski definition) is 1. The maximum absolute atomic E-state index is 12.2. The summed E-state index contributed by atoms with van der Waals surface area (Å²) < 4.78 is 5.61. The van der Waals surface area contributed by atoms with E-state index in [1.165, 1.54) is 0 Å². The summed E-state index contributed by atoms with van der Waals surface area (Å²) in [4.78, 5) is 13.9. The van der Waals surface area contributed by atoms with Crippen molar-refractivity contribution in [3.05, 3.63) is 35.9 Å². The van der Waals surface area contributed by atoms with Crippen molar-refractivity contribution in [1.29, 1.82) is 0 Å². The summed E-state index contributed by atoms with van der Waals surface area (Å²) in [5.41, 5.74) is 6.67. The van der Waals surface area contributed by atoms with Gasteiger partial charge >= 0.3 is 0 Å². The van der Waals surface area contributed by atoms with Gasteiger partial charge < -0.3 is 15.4 Å². The van der Waals surface area contributed by atoms with Gasteiger partial charge in [-0.25, -0.2) is 0 Å². The molecule has 0 aliphatic carbocycles. The molecule has 1 saturated heterocycles. The molecule has 0 unspecified atom stereocenters. The van der Waals surface area contributed by atoms with E-state index in [0.717, 1.165) is 18.4 Å². The van der Waals surface area contributed by atoms with Crippen LogP contribution in [0.2, 0.25) is 0 Å². The molecule has 0 radical (unpaired) electrons. The van der Waals surface area contributed by atoms with Crippen LogP contribution in [0.25, 0.3) is 0 Å². The number of nitrogens with zero attached hydrogens (tertiary/aromatic N) is 1. The minimum absolute atomic E-state index is 0. The van der Waals surface area contributed by atoms with Gasteiger partial charge in [0.25, 0.3) is 5.91 Å². The first-order valence-corrected chi connectivity index (χ1v) is 6.35. The molecule has 2 rings (SSSR count). The molecule has 1 aliphatic rings. The molecule has 106 valence electrons. The van der Waals surface area contributed by atoms with Crippen molar-refractivity contribution >= 4 is 18.3 Å². The molecular weight excluding hydrogens is 264 g/mol. The van der Waals surface area contributed by atoms with Crippen LogP contribution in [0.5, 0.6) is 0 Å². The van der Waals surface area contributed by atoms with E-state index in [2.05, 4.69) is 0 Å². The lowest BCUT2D eigenvalue weighted by Crippen LogP contribution is -2.36. The summed E-state index contributed by atoms with van der Waals surface area (Å²) in [7, 11) is 1.81. The van der Waals surface area contributed by atoms with Crippen LogP contribution in [0.1, 0.15) is 18.4 Å². The first-order valence-electron chi connectivity index (χ1n) is 6.35. The Kier molecular flexibility index (Phi) is 6.28. The van der Waals surface area contributed by atoms with Crippen LogP contribution in [-0.4, -0.2) is 36.6 Å². The highest BCUT2D eigenvalue weighted by Gasteiger charge is 2.31. The van der Waals surface area contributed by atoms with Crippen LogP contribution in [0.4, 0.5) is 0 Å². The van der Waals surface area contributed by atoms with Crippen molar-refractivity contribution < 1.29 is 9.53 Å². The second kappa shape index (κ2) is 7.48. The number of carbonyl (C=O) groups excluding carboxylic acids is 1. The van der Waals surface area contributed by atoms with Gasteiger partial charge in [-0.3, -0.25) is 4.79 Å². The van der Waals surface area contributed by atoms with Gasteiger partial charge in [-0.2, -0.15) is 0 Å². The summed E-state index contributed by atoms with van der Waals surface area (Å²) in [6, 6.07) is 9.95. The number of nitrogens with two attached hydrogens (primary N) is 1. The Labute approximate surface area is 120 Å². The fraction of sp³-hybridized carbons (Fsp3) is 0.500. The maximum Gasteiger partial charge on any atom is 0.251 e. The highest BCUT2D eigenvalue weighted by molar-refractivity contribution is 5.85. The lowest BCUT2D eigenvalue weighted by molar-refractivity contribution is -0.141. The Morgan fingerprint density at radius 1 is 1.37 bits per heavy atom. The molecule has 19 heavy (non-hydrogen) atoms. The SMILES string of the molecule is CN(Cc1ccccc1)C(=O)[C@@H]1CC[C@H](CN)O1.Cl. The van der Waals surface area contributed by atoms with Crippen molar-refractivity contribution in [2.45, 2.75) is 31.6 Å². The van der Waals surface area contributed by atoms with Gasteiger partial charge in [0.05, 0.1) is 6.10 Å². The van der Waals surface area contributed by atoms with E-state index in [4.69, 9.17) is 10.5 Å². The Bertz CT molecular complexity index is 400. The molecule has 0 saturated carbocycles. The molecule has 4 nitrogen and oxygen atoms in total. The fourth-order valence-electron chi connectivity index (χ4n) is 2.24. The average molecular weight is 285 g/mol. The zero-order chi connectivity index (χ0) is 13.0. The second-order valence-corrected chi connectivity index (χ2v) is 4.74. The molecule has 0 spiro atoms. The van der Waals surface area contributed by atoms with E-state index < -0.39 is 0 Å². The van der Waals surface area contributed by atoms with Crippen LogP contribution in [0, 0.1) is 0 Å². The number of benzene rings is 1. The number of halogens is 1.